The van der Waals surface area contributed by atoms with Crippen LogP contribution < -0.4 is 28.9 Å². The fraction of sp³-hybridized carbons (Fsp3) is 0.533. The van der Waals surface area contributed by atoms with Gasteiger partial charge in [0.15, 0.2) is 0 Å². The first kappa shape index (κ1) is 30.8. The molecule has 0 unspecified atom stereocenters. The maximum Gasteiger partial charge on any atom is 0.230 e. The first-order valence-electron chi connectivity index (χ1n) is 13.6. The van der Waals surface area contributed by atoms with Crippen LogP contribution in [0.25, 0.3) is 0 Å². The number of halogens is 3. The first-order chi connectivity index (χ1) is 17.7. The van der Waals surface area contributed by atoms with Crippen LogP contribution in [0.15, 0.2) is 48.5 Å². The van der Waals surface area contributed by atoms with Crippen molar-refractivity contribution in [3.8, 4) is 0 Å². The highest BCUT2D eigenvalue weighted by atomic mass is 127. The lowest BCUT2D eigenvalue weighted by molar-refractivity contribution is -0.915. The Morgan fingerprint density at radius 1 is 1.05 bits per heavy atom. The van der Waals surface area contributed by atoms with Crippen molar-refractivity contribution in [3.05, 3.63) is 64.9 Å². The molecule has 0 saturated carbocycles. The molecular formula is C30H40ClFIN3O2. The second kappa shape index (κ2) is 14.1. The Balaban J connectivity index is 0.00000400. The number of amides is 2. The van der Waals surface area contributed by atoms with E-state index in [0.717, 1.165) is 42.6 Å². The van der Waals surface area contributed by atoms with E-state index in [0.29, 0.717) is 43.4 Å². The fourth-order valence-electron chi connectivity index (χ4n) is 5.91. The number of carbonyl (C=O) groups is 2. The van der Waals surface area contributed by atoms with Crippen molar-refractivity contribution in [1.82, 2.24) is 4.90 Å². The van der Waals surface area contributed by atoms with E-state index in [1.54, 1.807) is 19.1 Å². The normalized spacial score (nSPS) is 22.0. The van der Waals surface area contributed by atoms with E-state index in [4.69, 9.17) is 11.6 Å². The molecule has 2 aromatic carbocycles. The predicted octanol–water partition coefficient (Wildman–Crippen LogP) is 2.56. The van der Waals surface area contributed by atoms with Crippen LogP contribution in [0.4, 0.5) is 10.1 Å². The average molecular weight is 656 g/mol. The summed E-state index contributed by atoms with van der Waals surface area (Å²) in [5, 5.41) is 0.629. The van der Waals surface area contributed by atoms with Gasteiger partial charge in [-0.3, -0.25) is 9.59 Å². The minimum Gasteiger partial charge on any atom is -1.00 e. The third-order valence-electron chi connectivity index (χ3n) is 8.35. The van der Waals surface area contributed by atoms with Gasteiger partial charge in [0, 0.05) is 49.6 Å². The van der Waals surface area contributed by atoms with Gasteiger partial charge in [0.05, 0.1) is 26.7 Å². The number of hydrogen-bond acceptors (Lipinski definition) is 2. The van der Waals surface area contributed by atoms with Crippen molar-refractivity contribution in [2.45, 2.75) is 45.4 Å². The maximum absolute atomic E-state index is 13.6. The summed E-state index contributed by atoms with van der Waals surface area (Å²) in [7, 11) is 2.33. The molecule has 2 heterocycles. The molecule has 2 saturated heterocycles. The van der Waals surface area contributed by atoms with Gasteiger partial charge in [-0.25, -0.2) is 4.39 Å². The molecule has 0 bridgehead atoms. The highest BCUT2D eigenvalue weighted by Crippen LogP contribution is 2.28. The highest BCUT2D eigenvalue weighted by Gasteiger charge is 2.32. The third-order valence-corrected chi connectivity index (χ3v) is 8.58. The quantitative estimate of drug-likeness (QED) is 0.324. The molecular weight excluding hydrogens is 616 g/mol. The predicted molar refractivity (Wildman–Crippen MR) is 147 cm³/mol. The third kappa shape index (κ3) is 8.39. The van der Waals surface area contributed by atoms with Gasteiger partial charge in [0.2, 0.25) is 11.8 Å². The van der Waals surface area contributed by atoms with Crippen molar-refractivity contribution in [2.75, 3.05) is 51.2 Å². The van der Waals surface area contributed by atoms with Crippen molar-refractivity contribution in [1.29, 1.82) is 0 Å². The van der Waals surface area contributed by atoms with Gasteiger partial charge in [-0.1, -0.05) is 29.8 Å². The summed E-state index contributed by atoms with van der Waals surface area (Å²) >= 11 is 6.29. The number of benzene rings is 2. The summed E-state index contributed by atoms with van der Waals surface area (Å²) in [5.74, 6) is 0.620. The molecule has 0 aliphatic carbocycles. The zero-order chi connectivity index (χ0) is 26.4. The monoisotopic (exact) mass is 655 g/mol. The van der Waals surface area contributed by atoms with Crippen LogP contribution in [0.2, 0.25) is 5.02 Å². The van der Waals surface area contributed by atoms with E-state index < -0.39 is 0 Å². The van der Waals surface area contributed by atoms with Gasteiger partial charge >= 0.3 is 0 Å². The Bertz CT molecular complexity index is 1070. The highest BCUT2D eigenvalue weighted by molar-refractivity contribution is 6.30. The molecule has 0 atom stereocenters. The minimum atomic E-state index is -0.177. The van der Waals surface area contributed by atoms with E-state index >= 15 is 0 Å². The number of quaternary nitrogens is 1. The molecule has 0 radical (unpaired) electrons. The molecule has 4 rings (SSSR count). The van der Waals surface area contributed by atoms with Crippen LogP contribution in [-0.4, -0.2) is 67.5 Å². The summed E-state index contributed by atoms with van der Waals surface area (Å²) < 4.78 is 14.2. The second-order valence-corrected chi connectivity index (χ2v) is 11.6. The number of anilines is 1. The van der Waals surface area contributed by atoms with E-state index in [-0.39, 0.29) is 47.5 Å². The number of nitrogens with zero attached hydrogens (tertiary/aromatic N) is 3. The molecule has 0 spiro atoms. The van der Waals surface area contributed by atoms with Gasteiger partial charge in [-0.2, -0.15) is 0 Å². The number of likely N-dealkylation sites (tertiary alicyclic amines) is 2. The second-order valence-electron chi connectivity index (χ2n) is 11.2. The van der Waals surface area contributed by atoms with Gasteiger partial charge in [0.1, 0.15) is 5.82 Å². The number of rotatable bonds is 8. The van der Waals surface area contributed by atoms with Crippen LogP contribution >= 0.6 is 11.6 Å². The number of carbonyl (C=O) groups excluding carboxylic acids is 2. The van der Waals surface area contributed by atoms with Gasteiger partial charge in [-0.15, -0.1) is 0 Å². The van der Waals surface area contributed by atoms with E-state index in [1.165, 1.54) is 18.4 Å². The fourth-order valence-corrected chi connectivity index (χ4v) is 6.09. The van der Waals surface area contributed by atoms with Gasteiger partial charge in [0.25, 0.3) is 0 Å². The molecule has 0 aromatic heterocycles. The lowest BCUT2D eigenvalue weighted by Crippen LogP contribution is -3.00. The molecule has 2 fully saturated rings. The number of piperidine rings is 2. The Hall–Kier alpha value is -1.71. The summed E-state index contributed by atoms with van der Waals surface area (Å²) in [6.45, 7) is 6.82. The lowest BCUT2D eigenvalue weighted by atomic mass is 9.89. The van der Waals surface area contributed by atoms with Crippen molar-refractivity contribution < 1.29 is 42.4 Å². The van der Waals surface area contributed by atoms with E-state index in [9.17, 15) is 14.0 Å². The van der Waals surface area contributed by atoms with Crippen LogP contribution in [0, 0.1) is 17.7 Å². The SMILES string of the molecule is CC(=O)N1CCC(C(=O)N(CCC[N+]2(C)CCC(Cc3ccc(F)cc3)CC2)c2cccc(Cl)c2)CC1.[I-]. The molecule has 2 aromatic rings. The standard InChI is InChI=1S/C30H40ClFN3O2.HI/c1-23(36)33-16-11-26(12-17-33)30(37)34(29-6-3-5-27(31)22-29)15-4-18-35(2)19-13-25(14-20-35)21-24-7-9-28(32)10-8-24;/h3,5-10,22,25-26H,4,11-21H2,1-2H3;1H/q+1;/p-1. The zero-order valence-corrected chi connectivity index (χ0v) is 25.5. The molecule has 38 heavy (non-hydrogen) atoms. The smallest absolute Gasteiger partial charge is 0.230 e. The van der Waals surface area contributed by atoms with E-state index in [2.05, 4.69) is 7.05 Å². The van der Waals surface area contributed by atoms with Gasteiger partial charge < -0.3 is 38.3 Å². The average Bonchev–Trinajstić information content (AvgIpc) is 2.89. The molecule has 0 N–H and O–H groups in total. The van der Waals surface area contributed by atoms with Crippen molar-refractivity contribution in [2.24, 2.45) is 11.8 Å². The summed E-state index contributed by atoms with van der Waals surface area (Å²) in [6.07, 6.45) is 5.68. The van der Waals surface area contributed by atoms with Crippen LogP contribution in [-0.2, 0) is 16.0 Å². The largest absolute Gasteiger partial charge is 1.00 e. The summed E-state index contributed by atoms with van der Waals surface area (Å²) in [5.41, 5.74) is 2.07. The molecule has 8 heteroatoms. The lowest BCUT2D eigenvalue weighted by Gasteiger charge is -2.41. The molecule has 208 valence electrons. The molecule has 2 aliphatic heterocycles. The van der Waals surface area contributed by atoms with Crippen LogP contribution in [0.5, 0.6) is 0 Å². The number of hydrogen-bond donors (Lipinski definition) is 0. The molecule has 2 amide bonds. The Morgan fingerprint density at radius 3 is 2.32 bits per heavy atom. The van der Waals surface area contributed by atoms with Crippen LogP contribution in [0.1, 0.15) is 44.6 Å². The van der Waals surface area contributed by atoms with Crippen LogP contribution in [0.3, 0.4) is 0 Å². The summed E-state index contributed by atoms with van der Waals surface area (Å²) in [6, 6.07) is 14.5. The zero-order valence-electron chi connectivity index (χ0n) is 22.6. The summed E-state index contributed by atoms with van der Waals surface area (Å²) in [4.78, 5) is 29.1. The Labute approximate surface area is 248 Å². The minimum absolute atomic E-state index is 0. The first-order valence-corrected chi connectivity index (χ1v) is 14.0. The van der Waals surface area contributed by atoms with Gasteiger partial charge in [-0.05, 0) is 73.9 Å². The molecule has 2 aliphatic rings. The maximum atomic E-state index is 13.6. The Kier molecular flexibility index (Phi) is 11.4. The van der Waals surface area contributed by atoms with E-state index in [1.807, 2.05) is 46.2 Å². The molecule has 5 nitrogen and oxygen atoms in total. The topological polar surface area (TPSA) is 40.6 Å². The van der Waals surface area contributed by atoms with Crippen molar-refractivity contribution in [3.63, 3.8) is 0 Å². The Morgan fingerprint density at radius 2 is 1.71 bits per heavy atom. The van der Waals surface area contributed by atoms with Crippen molar-refractivity contribution >= 4 is 29.1 Å².